The highest BCUT2D eigenvalue weighted by Gasteiger charge is 2.71. The topological polar surface area (TPSA) is 305 Å². The van der Waals surface area contributed by atoms with Crippen LogP contribution < -0.4 is 0 Å². The van der Waals surface area contributed by atoms with E-state index in [1.807, 2.05) is 13.8 Å². The zero-order valence-corrected chi connectivity index (χ0v) is 36.9. The van der Waals surface area contributed by atoms with E-state index in [-0.39, 0.29) is 51.6 Å². The van der Waals surface area contributed by atoms with Crippen LogP contribution in [0.3, 0.4) is 0 Å². The lowest BCUT2D eigenvalue weighted by molar-refractivity contribution is -0.577. The summed E-state index contributed by atoms with van der Waals surface area (Å²) in [7, 11) is 0. The zero-order valence-electron chi connectivity index (χ0n) is 36.9. The SMILES string of the molecule is C[C@H](CC[C@@H](O[C@@H]1O[C@H](CO[C@@H]2O[C@H](C[N+](=O)[O-])[C@@H](O)[C@H](O)[C@H]2O)[C@@H](O)[C@H](O)[C@H]1[N+](=O)[O-])C(C)(C)O)C1CC[C@@]2(C)C3CC=C4C(CC[C@H]([N+](=O)[O-])C4(C)C)[C@]3(C)C(=O)C[C@]12C. The molecule has 0 bridgehead atoms. The van der Waals surface area contributed by atoms with Gasteiger partial charge in [-0.1, -0.05) is 39.3 Å². The molecule has 2 heterocycles. The van der Waals surface area contributed by atoms with Crippen molar-refractivity contribution in [1.82, 2.24) is 0 Å². The van der Waals surface area contributed by atoms with Crippen molar-refractivity contribution >= 4 is 5.78 Å². The zero-order chi connectivity index (χ0) is 46.2. The number of fused-ring (bicyclic) bond motifs is 5. The van der Waals surface area contributed by atoms with Gasteiger partial charge in [-0.25, -0.2) is 0 Å². The summed E-state index contributed by atoms with van der Waals surface area (Å²) in [6.07, 6.45) is -10.8. The Morgan fingerprint density at radius 3 is 2.06 bits per heavy atom. The van der Waals surface area contributed by atoms with Crippen LogP contribution in [0, 0.1) is 75.7 Å². The summed E-state index contributed by atoms with van der Waals surface area (Å²) < 4.78 is 22.8. The molecule has 2 aliphatic heterocycles. The van der Waals surface area contributed by atoms with Crippen LogP contribution in [-0.4, -0.2) is 143 Å². The number of carbonyl (C=O) groups is 1. The molecule has 0 radical (unpaired) electrons. The number of aliphatic hydroxyl groups is 6. The van der Waals surface area contributed by atoms with Crippen molar-refractivity contribution in [3.05, 3.63) is 42.0 Å². The number of ether oxygens (including phenoxy) is 4. The number of allylic oxidation sites excluding steroid dienone is 1. The average molecular weight is 886 g/mol. The molecule has 3 unspecified atom stereocenters. The third-order valence-corrected chi connectivity index (χ3v) is 16.9. The number of carbonyl (C=O) groups excluding carboxylic acids is 1. The Morgan fingerprint density at radius 1 is 0.839 bits per heavy atom. The van der Waals surface area contributed by atoms with Crippen LogP contribution in [0.4, 0.5) is 0 Å². The number of rotatable bonds is 14. The van der Waals surface area contributed by atoms with Crippen molar-refractivity contribution in [2.45, 2.75) is 186 Å². The fourth-order valence-electron chi connectivity index (χ4n) is 13.0. The van der Waals surface area contributed by atoms with E-state index in [9.17, 15) is 65.8 Å². The molecular formula is C42H67N3O17. The number of Topliss-reactive ketones (excluding diaryl/α,β-unsaturated/α-hetero) is 1. The van der Waals surface area contributed by atoms with E-state index in [4.69, 9.17) is 18.9 Å². The maximum Gasteiger partial charge on any atom is 0.291 e. The van der Waals surface area contributed by atoms with Gasteiger partial charge in [0, 0.05) is 33.0 Å². The van der Waals surface area contributed by atoms with E-state index < -0.39 is 113 Å². The minimum absolute atomic E-state index is 0.00124. The van der Waals surface area contributed by atoms with Crippen LogP contribution in [0.5, 0.6) is 0 Å². The second kappa shape index (κ2) is 17.2. The minimum Gasteiger partial charge on any atom is -0.388 e. The van der Waals surface area contributed by atoms with Crippen molar-refractivity contribution in [2.24, 2.45) is 45.3 Å². The predicted molar refractivity (Wildman–Crippen MR) is 216 cm³/mol. The lowest BCUT2D eigenvalue weighted by Crippen LogP contribution is -2.64. The molecule has 5 fully saturated rings. The second-order valence-corrected chi connectivity index (χ2v) is 21.0. The normalized spacial score (nSPS) is 45.2. The van der Waals surface area contributed by atoms with Crippen molar-refractivity contribution in [1.29, 1.82) is 0 Å². The molecule has 20 nitrogen and oxygen atoms in total. The lowest BCUT2D eigenvalue weighted by Gasteiger charge is -2.64. The standard InChI is InChI=1S/C42H67N3O17/c1-20(21-15-16-40(6)26-12-10-22-23(11-13-27(44(55)56)38(22,2)3)42(26,8)28(46)17-41(21,40)7)9-14-29(39(4,5)52)62-36-30(45(57)58)33(49)32(48)25(61-36)19-59-37-35(51)34(50)31(47)24(60-37)18-43(53)54/h10,20-21,23-27,29-37,47-52H,9,11-19H2,1-8H3/t20-,21?,23?,24-,25-,26?,27+,29-,30-,31-,32-,33-,34+,35-,36+,37-,40+,41-,42+/m1/s1. The molecule has 4 aliphatic carbocycles. The molecule has 20 heteroatoms. The van der Waals surface area contributed by atoms with E-state index in [2.05, 4.69) is 33.8 Å². The molecule has 6 aliphatic rings. The summed E-state index contributed by atoms with van der Waals surface area (Å²) in [5.74, 6) is 0.253. The van der Waals surface area contributed by atoms with Gasteiger partial charge >= 0.3 is 0 Å². The first-order valence-electron chi connectivity index (χ1n) is 22.0. The summed E-state index contributed by atoms with van der Waals surface area (Å²) in [6, 6.07) is -2.72. The van der Waals surface area contributed by atoms with Gasteiger partial charge in [-0.3, -0.25) is 35.1 Å². The fourth-order valence-corrected chi connectivity index (χ4v) is 13.0. The molecular weight excluding hydrogens is 818 g/mol. The summed E-state index contributed by atoms with van der Waals surface area (Å²) >= 11 is 0. The highest BCUT2D eigenvalue weighted by Crippen LogP contribution is 2.74. The smallest absolute Gasteiger partial charge is 0.291 e. The van der Waals surface area contributed by atoms with Gasteiger partial charge in [-0.15, -0.1) is 0 Å². The summed E-state index contributed by atoms with van der Waals surface area (Å²) in [5.41, 5.74) is -2.49. The van der Waals surface area contributed by atoms with E-state index in [1.54, 1.807) is 0 Å². The monoisotopic (exact) mass is 885 g/mol. The molecule has 19 atom stereocenters. The molecule has 3 saturated carbocycles. The number of aliphatic hydroxyl groups excluding tert-OH is 5. The van der Waals surface area contributed by atoms with Crippen LogP contribution in [0.1, 0.15) is 107 Å². The molecule has 6 rings (SSSR count). The molecule has 0 amide bonds. The number of nitro groups is 3. The van der Waals surface area contributed by atoms with Gasteiger partial charge in [-0.2, -0.15) is 0 Å². The first kappa shape index (κ1) is 48.7. The summed E-state index contributed by atoms with van der Waals surface area (Å²) in [5, 5.41) is 99.6. The van der Waals surface area contributed by atoms with E-state index >= 15 is 0 Å². The Hall–Kier alpha value is -2.79. The lowest BCUT2D eigenvalue weighted by atomic mass is 9.38. The summed E-state index contributed by atoms with van der Waals surface area (Å²) in [6.45, 7) is 13.9. The molecule has 6 N–H and O–H groups in total. The largest absolute Gasteiger partial charge is 0.388 e. The van der Waals surface area contributed by atoms with Crippen molar-refractivity contribution in [2.75, 3.05) is 13.2 Å². The highest BCUT2D eigenvalue weighted by atomic mass is 16.7. The van der Waals surface area contributed by atoms with Gasteiger partial charge in [0.25, 0.3) is 6.04 Å². The Kier molecular flexibility index (Phi) is 13.5. The Morgan fingerprint density at radius 2 is 1.47 bits per heavy atom. The summed E-state index contributed by atoms with van der Waals surface area (Å²) in [4.78, 5) is 48.3. The van der Waals surface area contributed by atoms with Gasteiger partial charge < -0.3 is 49.6 Å². The molecule has 352 valence electrons. The van der Waals surface area contributed by atoms with Crippen LogP contribution in [0.15, 0.2) is 11.6 Å². The molecule has 0 aromatic rings. The van der Waals surface area contributed by atoms with Crippen LogP contribution in [0.2, 0.25) is 0 Å². The number of nitrogens with zero attached hydrogens (tertiary/aromatic N) is 3. The van der Waals surface area contributed by atoms with Crippen molar-refractivity contribution in [3.8, 4) is 0 Å². The number of hydrogen-bond acceptors (Lipinski definition) is 17. The Balaban J connectivity index is 1.16. The van der Waals surface area contributed by atoms with Crippen LogP contribution >= 0.6 is 0 Å². The maximum atomic E-state index is 14.7. The van der Waals surface area contributed by atoms with Gasteiger partial charge in [0.15, 0.2) is 18.5 Å². The predicted octanol–water partition coefficient (Wildman–Crippen LogP) is 2.18. The van der Waals surface area contributed by atoms with E-state index in [0.717, 1.165) is 18.4 Å². The Labute approximate surface area is 360 Å². The molecule has 0 spiro atoms. The van der Waals surface area contributed by atoms with Gasteiger partial charge in [-0.05, 0) is 101 Å². The molecule has 0 aromatic carbocycles. The van der Waals surface area contributed by atoms with Crippen molar-refractivity contribution < 1.29 is 69.2 Å². The van der Waals surface area contributed by atoms with Gasteiger partial charge in [0.05, 0.1) is 23.7 Å². The highest BCUT2D eigenvalue weighted by molar-refractivity contribution is 5.88. The Bertz CT molecular complexity index is 1760. The quantitative estimate of drug-likeness (QED) is 0.0827. The number of ketones is 1. The fraction of sp³-hybridized carbons (Fsp3) is 0.929. The van der Waals surface area contributed by atoms with Crippen LogP contribution in [0.25, 0.3) is 0 Å². The average Bonchev–Trinajstić information content (AvgIpc) is 3.43. The minimum atomic E-state index is -2.06. The first-order chi connectivity index (χ1) is 28.6. The molecule has 2 saturated heterocycles. The second-order valence-electron chi connectivity index (χ2n) is 21.0. The van der Waals surface area contributed by atoms with Gasteiger partial charge in [0.1, 0.15) is 36.3 Å². The third-order valence-electron chi connectivity index (χ3n) is 16.9. The third kappa shape index (κ3) is 8.12. The first-order valence-corrected chi connectivity index (χ1v) is 22.0. The maximum absolute atomic E-state index is 14.7. The van der Waals surface area contributed by atoms with Gasteiger partial charge in [0.2, 0.25) is 18.9 Å². The van der Waals surface area contributed by atoms with Crippen molar-refractivity contribution in [3.63, 3.8) is 0 Å². The van der Waals surface area contributed by atoms with Crippen LogP contribution in [-0.2, 0) is 23.7 Å². The molecule has 0 aromatic heterocycles. The van der Waals surface area contributed by atoms with E-state index in [1.165, 1.54) is 13.8 Å². The number of hydrogen-bond donors (Lipinski definition) is 6. The molecule has 62 heavy (non-hydrogen) atoms. The van der Waals surface area contributed by atoms with E-state index in [0.29, 0.717) is 32.1 Å².